The van der Waals surface area contributed by atoms with Gasteiger partial charge in [0.15, 0.2) is 0 Å². The first-order valence-corrected chi connectivity index (χ1v) is 11.6. The van der Waals surface area contributed by atoms with Crippen LogP contribution in [0.4, 0.5) is 4.39 Å². The highest BCUT2D eigenvalue weighted by Gasteiger charge is 2.44. The molecule has 1 amide bonds. The molecule has 2 bridgehead atoms. The molecule has 0 saturated carbocycles. The van der Waals surface area contributed by atoms with Crippen molar-refractivity contribution in [1.29, 1.82) is 5.41 Å². The molecule has 4 atom stereocenters. The van der Waals surface area contributed by atoms with E-state index in [1.165, 1.54) is 24.4 Å². The summed E-state index contributed by atoms with van der Waals surface area (Å²) in [5, 5.41) is 11.8. The lowest BCUT2D eigenvalue weighted by Crippen LogP contribution is -2.45. The Morgan fingerprint density at radius 3 is 2.85 bits per heavy atom. The molecule has 3 fully saturated rings. The van der Waals surface area contributed by atoms with Gasteiger partial charge in [-0.3, -0.25) is 9.69 Å². The molecule has 7 nitrogen and oxygen atoms in total. The summed E-state index contributed by atoms with van der Waals surface area (Å²) in [5.41, 5.74) is 1.25. The number of likely N-dealkylation sites (tertiary alicyclic amines) is 1. The number of rotatable bonds is 3. The van der Waals surface area contributed by atoms with Gasteiger partial charge in [0, 0.05) is 42.6 Å². The second-order valence-corrected chi connectivity index (χ2v) is 9.79. The van der Waals surface area contributed by atoms with Crippen LogP contribution in [-0.4, -0.2) is 66.0 Å². The van der Waals surface area contributed by atoms with Crippen molar-refractivity contribution in [2.45, 2.75) is 44.4 Å². The van der Waals surface area contributed by atoms with Gasteiger partial charge in [-0.15, -0.1) is 0 Å². The van der Waals surface area contributed by atoms with E-state index >= 15 is 0 Å². The molecule has 3 unspecified atom stereocenters. The molecule has 4 aliphatic rings. The molecule has 2 N–H and O–H groups in total. The molecule has 0 radical (unpaired) electrons. The quantitative estimate of drug-likeness (QED) is 0.706. The molecule has 174 valence electrons. The molecule has 3 saturated heterocycles. The minimum Gasteiger partial charge on any atom is -0.489 e. The van der Waals surface area contributed by atoms with E-state index in [0.717, 1.165) is 19.3 Å². The van der Waals surface area contributed by atoms with E-state index in [4.69, 9.17) is 21.7 Å². The van der Waals surface area contributed by atoms with Crippen molar-refractivity contribution < 1.29 is 13.9 Å². The van der Waals surface area contributed by atoms with E-state index in [2.05, 4.69) is 29.2 Å². The van der Waals surface area contributed by atoms with E-state index in [9.17, 15) is 9.18 Å². The number of nitrogens with zero attached hydrogens (tertiary/aromatic N) is 3. The standard InChI is InChI=1S/C24H27ClFN5O2/c1-13-5-16-7-17(8-21(13)30(16)2)33-22-6-15(26)3-4-18(22)24(32)31-11-19(20(27)12-31)23-28-9-14(25)10-29-23/h3-4,6,9-10,13,16-17,21,27-28H,5,7-8,11-12H2,1-2H3/b23-19+,27-20?/t13-,16?,17?,21?/m0/s1. The fourth-order valence-electron chi connectivity index (χ4n) is 5.46. The Hall–Kier alpha value is -2.71. The second kappa shape index (κ2) is 8.57. The molecule has 1 aromatic rings. The van der Waals surface area contributed by atoms with Crippen LogP contribution in [-0.2, 0) is 0 Å². The topological polar surface area (TPSA) is 81.0 Å². The van der Waals surface area contributed by atoms with Gasteiger partial charge in [-0.25, -0.2) is 9.38 Å². The van der Waals surface area contributed by atoms with Crippen molar-refractivity contribution in [2.24, 2.45) is 10.9 Å². The Morgan fingerprint density at radius 1 is 1.30 bits per heavy atom. The van der Waals surface area contributed by atoms with Crippen LogP contribution in [0.25, 0.3) is 0 Å². The minimum atomic E-state index is -0.438. The maximum atomic E-state index is 14.1. The van der Waals surface area contributed by atoms with Gasteiger partial charge >= 0.3 is 0 Å². The number of piperidine rings is 1. The number of hydrogen-bond donors (Lipinski definition) is 2. The number of halogens is 2. The molecule has 0 aliphatic carbocycles. The van der Waals surface area contributed by atoms with Gasteiger partial charge < -0.3 is 20.4 Å². The average Bonchev–Trinajstić information content (AvgIpc) is 3.22. The molecule has 5 rings (SSSR count). The van der Waals surface area contributed by atoms with Crippen LogP contribution in [0, 0.1) is 17.1 Å². The largest absolute Gasteiger partial charge is 0.489 e. The molecule has 9 heteroatoms. The first kappa shape index (κ1) is 22.1. The molecule has 0 aromatic heterocycles. The summed E-state index contributed by atoms with van der Waals surface area (Å²) >= 11 is 5.89. The van der Waals surface area contributed by atoms with E-state index in [0.29, 0.717) is 45.7 Å². The van der Waals surface area contributed by atoms with Gasteiger partial charge in [-0.05, 0) is 37.9 Å². The van der Waals surface area contributed by atoms with Gasteiger partial charge in [0.1, 0.15) is 23.5 Å². The number of aliphatic imine (C=N–C) groups is 1. The van der Waals surface area contributed by atoms with Gasteiger partial charge in [0.05, 0.1) is 29.4 Å². The lowest BCUT2D eigenvalue weighted by Gasteiger charge is -2.37. The molecule has 1 aromatic carbocycles. The number of hydrogen-bond acceptors (Lipinski definition) is 6. The summed E-state index contributed by atoms with van der Waals surface area (Å²) in [6.45, 7) is 2.65. The third-order valence-electron chi connectivity index (χ3n) is 7.21. The third-order valence-corrected chi connectivity index (χ3v) is 7.41. The zero-order valence-corrected chi connectivity index (χ0v) is 19.4. The fourth-order valence-corrected chi connectivity index (χ4v) is 5.57. The molecular weight excluding hydrogens is 445 g/mol. The predicted molar refractivity (Wildman–Crippen MR) is 125 cm³/mol. The van der Waals surface area contributed by atoms with Crippen molar-refractivity contribution in [2.75, 3.05) is 20.1 Å². The van der Waals surface area contributed by atoms with Crippen molar-refractivity contribution in [3.8, 4) is 5.75 Å². The van der Waals surface area contributed by atoms with Crippen molar-refractivity contribution in [1.82, 2.24) is 15.1 Å². The summed E-state index contributed by atoms with van der Waals surface area (Å²) in [6.07, 6.45) is 5.91. The molecule has 4 heterocycles. The third kappa shape index (κ3) is 4.17. The Bertz CT molecular complexity index is 1100. The highest BCUT2D eigenvalue weighted by molar-refractivity contribution is 6.39. The highest BCUT2D eigenvalue weighted by Crippen LogP contribution is 2.40. The second-order valence-electron chi connectivity index (χ2n) is 9.35. The summed E-state index contributed by atoms with van der Waals surface area (Å²) in [7, 11) is 2.16. The minimum absolute atomic E-state index is 0.0543. The van der Waals surface area contributed by atoms with E-state index < -0.39 is 5.82 Å². The van der Waals surface area contributed by atoms with Crippen molar-refractivity contribution in [3.05, 3.63) is 52.2 Å². The highest BCUT2D eigenvalue weighted by atomic mass is 35.5. The number of amides is 1. The lowest BCUT2D eigenvalue weighted by atomic mass is 9.97. The fraction of sp³-hybridized carbons (Fsp3) is 0.458. The first-order valence-electron chi connectivity index (χ1n) is 11.2. The molecular formula is C24H27ClFN5O2. The van der Waals surface area contributed by atoms with Crippen LogP contribution in [0.1, 0.15) is 36.5 Å². The number of fused-ring (bicyclic) bond motifs is 2. The van der Waals surface area contributed by atoms with Gasteiger partial charge in [0.25, 0.3) is 5.91 Å². The number of nitrogens with one attached hydrogen (secondary N) is 2. The zero-order valence-electron chi connectivity index (χ0n) is 18.6. The summed E-state index contributed by atoms with van der Waals surface area (Å²) < 4.78 is 20.4. The summed E-state index contributed by atoms with van der Waals surface area (Å²) in [4.78, 5) is 21.6. The number of ether oxygens (including phenoxy) is 1. The molecule has 4 aliphatic heterocycles. The van der Waals surface area contributed by atoms with Crippen molar-refractivity contribution in [3.63, 3.8) is 0 Å². The van der Waals surface area contributed by atoms with Crippen LogP contribution < -0.4 is 10.1 Å². The Labute approximate surface area is 197 Å². The van der Waals surface area contributed by atoms with Crippen LogP contribution >= 0.6 is 11.6 Å². The zero-order chi connectivity index (χ0) is 23.3. The smallest absolute Gasteiger partial charge is 0.258 e. The van der Waals surface area contributed by atoms with Crippen LogP contribution in [0.15, 0.2) is 45.8 Å². The van der Waals surface area contributed by atoms with Crippen molar-refractivity contribution >= 4 is 29.4 Å². The predicted octanol–water partition coefficient (Wildman–Crippen LogP) is 3.52. The monoisotopic (exact) mass is 471 g/mol. The lowest BCUT2D eigenvalue weighted by molar-refractivity contribution is 0.0584. The van der Waals surface area contributed by atoms with Gasteiger partial charge in [0.2, 0.25) is 0 Å². The number of allylic oxidation sites excluding steroid dienone is 1. The maximum Gasteiger partial charge on any atom is 0.258 e. The first-order chi connectivity index (χ1) is 15.8. The normalized spacial score (nSPS) is 31.6. The van der Waals surface area contributed by atoms with E-state index in [1.54, 1.807) is 11.1 Å². The number of carbonyl (C=O) groups excluding carboxylic acids is 1. The van der Waals surface area contributed by atoms with Gasteiger partial charge in [-0.1, -0.05) is 18.5 Å². The summed E-state index contributed by atoms with van der Waals surface area (Å²) in [6, 6.07) is 4.96. The molecule has 33 heavy (non-hydrogen) atoms. The Balaban J connectivity index is 1.35. The maximum absolute atomic E-state index is 14.1. The number of carbonyl (C=O) groups is 1. The number of benzene rings is 1. The van der Waals surface area contributed by atoms with E-state index in [1.807, 2.05) is 0 Å². The SMILES string of the molecule is C[C@H]1CC2CC(Oc3cc(F)ccc3C(=O)N3CC(=N)/C(=C4/N=CC(Cl)=CN4)C3)CC1N2C. The van der Waals surface area contributed by atoms with Crippen LogP contribution in [0.2, 0.25) is 0 Å². The Kier molecular flexibility index (Phi) is 5.74. The van der Waals surface area contributed by atoms with E-state index in [-0.39, 0.29) is 30.9 Å². The summed E-state index contributed by atoms with van der Waals surface area (Å²) in [5.74, 6) is 0.657. The van der Waals surface area contributed by atoms with Crippen LogP contribution in [0.5, 0.6) is 5.75 Å². The van der Waals surface area contributed by atoms with Gasteiger partial charge in [-0.2, -0.15) is 0 Å². The molecule has 0 spiro atoms. The Morgan fingerprint density at radius 2 is 2.12 bits per heavy atom. The van der Waals surface area contributed by atoms with Crippen LogP contribution in [0.3, 0.4) is 0 Å². The average molecular weight is 472 g/mol.